The van der Waals surface area contributed by atoms with Crippen molar-refractivity contribution in [3.8, 4) is 0 Å². The molecule has 3 heterocycles. The van der Waals surface area contributed by atoms with E-state index in [0.717, 1.165) is 12.8 Å². The Labute approximate surface area is 146 Å². The molecule has 1 aliphatic rings. The number of carbonyl (C=O) groups excluding carboxylic acids is 1. The molecule has 1 unspecified atom stereocenters. The number of carbonyl (C=O) groups is 1. The Morgan fingerprint density at radius 3 is 3.04 bits per heavy atom. The Bertz CT molecular complexity index is 955. The predicted octanol–water partition coefficient (Wildman–Crippen LogP) is 2.86. The van der Waals surface area contributed by atoms with Gasteiger partial charge in [-0.05, 0) is 54.1 Å². The maximum absolute atomic E-state index is 13.6. The number of hydroxylamine groups is 1. The maximum Gasteiger partial charge on any atom is 0.278 e. The molecule has 1 aromatic carbocycles. The van der Waals surface area contributed by atoms with Crippen molar-refractivity contribution >= 4 is 34.1 Å². The Kier molecular flexibility index (Phi) is 4.24. The van der Waals surface area contributed by atoms with E-state index in [1.165, 1.54) is 16.5 Å². The molecular formula is C16H14ClFN4O3. The minimum absolute atomic E-state index is 0.0387. The highest BCUT2D eigenvalue weighted by atomic mass is 35.5. The summed E-state index contributed by atoms with van der Waals surface area (Å²) in [5.74, 6) is -0.928. The van der Waals surface area contributed by atoms with Gasteiger partial charge < -0.3 is 4.74 Å². The van der Waals surface area contributed by atoms with Crippen LogP contribution in [0.3, 0.4) is 0 Å². The SMILES string of the molecule is O=C(NOC1CCCCO1)c1cc2ccc(F)cc2n2c(Cl)nnc12. The molecule has 130 valence electrons. The molecule has 3 aromatic rings. The van der Waals surface area contributed by atoms with Crippen molar-refractivity contribution in [3.05, 3.63) is 40.9 Å². The summed E-state index contributed by atoms with van der Waals surface area (Å²) >= 11 is 6.06. The summed E-state index contributed by atoms with van der Waals surface area (Å²) in [5, 5.41) is 8.36. The second-order valence-electron chi connectivity index (χ2n) is 5.73. The van der Waals surface area contributed by atoms with Gasteiger partial charge in [0.05, 0.1) is 11.1 Å². The number of aromatic nitrogens is 3. The predicted molar refractivity (Wildman–Crippen MR) is 87.6 cm³/mol. The lowest BCUT2D eigenvalue weighted by Gasteiger charge is -2.22. The number of hydrogen-bond acceptors (Lipinski definition) is 5. The van der Waals surface area contributed by atoms with Gasteiger partial charge in [-0.15, -0.1) is 10.2 Å². The van der Waals surface area contributed by atoms with Crippen LogP contribution in [-0.2, 0) is 9.57 Å². The van der Waals surface area contributed by atoms with Gasteiger partial charge in [-0.25, -0.2) is 14.7 Å². The molecule has 0 bridgehead atoms. The molecule has 4 rings (SSSR count). The molecule has 1 amide bonds. The van der Waals surface area contributed by atoms with Crippen molar-refractivity contribution in [1.82, 2.24) is 20.1 Å². The molecule has 1 atom stereocenters. The first-order valence-electron chi connectivity index (χ1n) is 7.84. The van der Waals surface area contributed by atoms with E-state index in [9.17, 15) is 9.18 Å². The third kappa shape index (κ3) is 3.04. The van der Waals surface area contributed by atoms with Crippen molar-refractivity contribution in [3.63, 3.8) is 0 Å². The molecular weight excluding hydrogens is 351 g/mol. The molecule has 9 heteroatoms. The normalized spacial score (nSPS) is 17.9. The minimum Gasteiger partial charge on any atom is -0.350 e. The number of benzene rings is 1. The number of hydrogen-bond donors (Lipinski definition) is 1. The van der Waals surface area contributed by atoms with Crippen LogP contribution in [0.5, 0.6) is 0 Å². The van der Waals surface area contributed by atoms with Gasteiger partial charge in [-0.3, -0.25) is 9.20 Å². The van der Waals surface area contributed by atoms with E-state index in [1.807, 2.05) is 0 Å². The Balaban J connectivity index is 1.70. The zero-order valence-corrected chi connectivity index (χ0v) is 13.8. The van der Waals surface area contributed by atoms with Gasteiger partial charge in [0.15, 0.2) is 11.9 Å². The zero-order chi connectivity index (χ0) is 17.4. The van der Waals surface area contributed by atoms with Crippen LogP contribution in [0.25, 0.3) is 16.6 Å². The molecule has 0 radical (unpaired) electrons. The fourth-order valence-electron chi connectivity index (χ4n) is 2.85. The summed E-state index contributed by atoms with van der Waals surface area (Å²) in [7, 11) is 0. The summed E-state index contributed by atoms with van der Waals surface area (Å²) in [4.78, 5) is 17.8. The molecule has 1 fully saturated rings. The van der Waals surface area contributed by atoms with E-state index in [2.05, 4.69) is 15.7 Å². The van der Waals surface area contributed by atoms with E-state index in [-0.39, 0.29) is 16.5 Å². The van der Waals surface area contributed by atoms with Gasteiger partial charge in [-0.1, -0.05) is 0 Å². The highest BCUT2D eigenvalue weighted by Crippen LogP contribution is 2.24. The first-order chi connectivity index (χ1) is 12.1. The van der Waals surface area contributed by atoms with Crippen molar-refractivity contribution < 1.29 is 18.8 Å². The lowest BCUT2D eigenvalue weighted by Crippen LogP contribution is -2.33. The van der Waals surface area contributed by atoms with Crippen LogP contribution < -0.4 is 5.48 Å². The summed E-state index contributed by atoms with van der Waals surface area (Å²) < 4.78 is 20.4. The van der Waals surface area contributed by atoms with Gasteiger partial charge in [0.25, 0.3) is 5.91 Å². The standard InChI is InChI=1S/C16H14ClFN4O3/c17-16-20-19-14-11(15(23)21-25-13-3-1-2-6-24-13)7-9-4-5-10(18)8-12(9)22(14)16/h4-5,7-8,13H,1-3,6H2,(H,21,23). The van der Waals surface area contributed by atoms with Crippen LogP contribution >= 0.6 is 11.6 Å². The van der Waals surface area contributed by atoms with Crippen LogP contribution in [0, 0.1) is 5.82 Å². The number of rotatable bonds is 3. The lowest BCUT2D eigenvalue weighted by molar-refractivity contribution is -0.186. The topological polar surface area (TPSA) is 77.8 Å². The number of pyridine rings is 1. The van der Waals surface area contributed by atoms with E-state index in [0.29, 0.717) is 23.9 Å². The van der Waals surface area contributed by atoms with Gasteiger partial charge in [0, 0.05) is 13.0 Å². The molecule has 0 aliphatic carbocycles. The van der Waals surface area contributed by atoms with Crippen molar-refractivity contribution in [2.45, 2.75) is 25.6 Å². The fraction of sp³-hybridized carbons (Fsp3) is 0.312. The second kappa shape index (κ2) is 6.55. The first kappa shape index (κ1) is 16.2. The number of nitrogens with one attached hydrogen (secondary N) is 1. The van der Waals surface area contributed by atoms with Gasteiger partial charge in [-0.2, -0.15) is 0 Å². The third-order valence-electron chi connectivity index (χ3n) is 4.06. The monoisotopic (exact) mass is 364 g/mol. The number of ether oxygens (including phenoxy) is 1. The number of nitrogens with zero attached hydrogens (tertiary/aromatic N) is 3. The molecule has 1 saturated heterocycles. The van der Waals surface area contributed by atoms with E-state index in [1.54, 1.807) is 12.1 Å². The van der Waals surface area contributed by atoms with E-state index in [4.69, 9.17) is 21.2 Å². The zero-order valence-electron chi connectivity index (χ0n) is 13.0. The number of halogens is 2. The summed E-state index contributed by atoms with van der Waals surface area (Å²) in [6.45, 7) is 0.603. The Hall–Kier alpha value is -2.29. The van der Waals surface area contributed by atoms with Crippen molar-refractivity contribution in [2.75, 3.05) is 6.61 Å². The largest absolute Gasteiger partial charge is 0.350 e. The quantitative estimate of drug-likeness (QED) is 0.723. The molecule has 0 spiro atoms. The Morgan fingerprint density at radius 2 is 2.24 bits per heavy atom. The molecule has 2 aromatic heterocycles. The molecule has 1 N–H and O–H groups in total. The van der Waals surface area contributed by atoms with Crippen LogP contribution in [0.1, 0.15) is 29.6 Å². The maximum atomic E-state index is 13.6. The Morgan fingerprint density at radius 1 is 1.36 bits per heavy atom. The highest BCUT2D eigenvalue weighted by molar-refractivity contribution is 6.29. The smallest absolute Gasteiger partial charge is 0.278 e. The molecule has 0 saturated carbocycles. The van der Waals surface area contributed by atoms with Gasteiger partial charge in [0.1, 0.15) is 5.82 Å². The molecule has 7 nitrogen and oxygen atoms in total. The summed E-state index contributed by atoms with van der Waals surface area (Å²) in [5.41, 5.74) is 3.29. The number of fused-ring (bicyclic) bond motifs is 3. The van der Waals surface area contributed by atoms with Crippen LogP contribution in [0.2, 0.25) is 5.28 Å². The molecule has 25 heavy (non-hydrogen) atoms. The fourth-order valence-corrected chi connectivity index (χ4v) is 3.06. The highest BCUT2D eigenvalue weighted by Gasteiger charge is 2.20. The van der Waals surface area contributed by atoms with Crippen LogP contribution in [-0.4, -0.2) is 33.4 Å². The first-order valence-corrected chi connectivity index (χ1v) is 8.22. The average molecular weight is 365 g/mol. The van der Waals surface area contributed by atoms with Crippen molar-refractivity contribution in [1.29, 1.82) is 0 Å². The summed E-state index contributed by atoms with van der Waals surface area (Å²) in [6.07, 6.45) is 2.20. The second-order valence-corrected chi connectivity index (χ2v) is 6.07. The third-order valence-corrected chi connectivity index (χ3v) is 4.31. The van der Waals surface area contributed by atoms with Crippen LogP contribution in [0.15, 0.2) is 24.3 Å². The van der Waals surface area contributed by atoms with Crippen molar-refractivity contribution in [2.24, 2.45) is 0 Å². The lowest BCUT2D eigenvalue weighted by atomic mass is 10.1. The van der Waals surface area contributed by atoms with Gasteiger partial charge in [0.2, 0.25) is 5.28 Å². The molecule has 1 aliphatic heterocycles. The summed E-state index contributed by atoms with van der Waals surface area (Å²) in [6, 6.07) is 5.77. The number of amides is 1. The van der Waals surface area contributed by atoms with Crippen LogP contribution in [0.4, 0.5) is 4.39 Å². The van der Waals surface area contributed by atoms with Gasteiger partial charge >= 0.3 is 0 Å². The average Bonchev–Trinajstić information content (AvgIpc) is 3.02. The van der Waals surface area contributed by atoms with E-state index < -0.39 is 18.0 Å². The van der Waals surface area contributed by atoms with E-state index >= 15 is 0 Å². The minimum atomic E-state index is -0.505.